The van der Waals surface area contributed by atoms with Gasteiger partial charge in [0, 0.05) is 17.1 Å². The van der Waals surface area contributed by atoms with Crippen LogP contribution in [0.3, 0.4) is 0 Å². The van der Waals surface area contributed by atoms with Crippen molar-refractivity contribution in [2.45, 2.75) is 13.3 Å². The summed E-state index contributed by atoms with van der Waals surface area (Å²) in [6.45, 7) is 1.70. The number of nitrogens with zero attached hydrogens (tertiary/aromatic N) is 1. The minimum atomic E-state index is -1.11. The van der Waals surface area contributed by atoms with Gasteiger partial charge in [0.05, 0.1) is 0 Å². The number of benzene rings is 1. The molecule has 0 bridgehead atoms. The topological polar surface area (TPSA) is 57.6 Å². The van der Waals surface area contributed by atoms with Gasteiger partial charge in [-0.3, -0.25) is 9.59 Å². The number of amides is 1. The summed E-state index contributed by atoms with van der Waals surface area (Å²) in [6, 6.07) is 3.44. The van der Waals surface area contributed by atoms with Crippen LogP contribution < -0.4 is 0 Å². The maximum absolute atomic E-state index is 13.1. The van der Waals surface area contributed by atoms with E-state index in [-0.39, 0.29) is 10.6 Å². The van der Waals surface area contributed by atoms with E-state index in [1.807, 2.05) is 6.92 Å². The Kier molecular flexibility index (Phi) is 5.09. The Morgan fingerprint density at radius 2 is 2.06 bits per heavy atom. The van der Waals surface area contributed by atoms with Gasteiger partial charge in [-0.25, -0.2) is 4.39 Å². The first kappa shape index (κ1) is 14.4. The molecule has 1 aromatic carbocycles. The zero-order valence-corrected chi connectivity index (χ0v) is 10.6. The smallest absolute Gasteiger partial charge is 0.323 e. The second kappa shape index (κ2) is 6.35. The molecule has 1 N–H and O–H groups in total. The van der Waals surface area contributed by atoms with Gasteiger partial charge in [0.15, 0.2) is 0 Å². The van der Waals surface area contributed by atoms with Gasteiger partial charge in [-0.15, -0.1) is 0 Å². The van der Waals surface area contributed by atoms with Gasteiger partial charge in [-0.1, -0.05) is 18.5 Å². The largest absolute Gasteiger partial charge is 0.480 e. The van der Waals surface area contributed by atoms with Gasteiger partial charge in [0.1, 0.15) is 12.4 Å². The molecular weight excluding hydrogens is 261 g/mol. The summed E-state index contributed by atoms with van der Waals surface area (Å²) in [7, 11) is 0. The lowest BCUT2D eigenvalue weighted by molar-refractivity contribution is -0.137. The van der Waals surface area contributed by atoms with Crippen LogP contribution in [0.25, 0.3) is 0 Å². The van der Waals surface area contributed by atoms with Crippen molar-refractivity contribution in [3.63, 3.8) is 0 Å². The summed E-state index contributed by atoms with van der Waals surface area (Å²) in [6.07, 6.45) is 0.613. The molecule has 1 rings (SSSR count). The Hall–Kier alpha value is -1.62. The SMILES string of the molecule is CCCN(CC(=O)O)C(=O)c1cc(F)cc(Cl)c1. The maximum Gasteiger partial charge on any atom is 0.323 e. The van der Waals surface area contributed by atoms with Crippen molar-refractivity contribution in [2.75, 3.05) is 13.1 Å². The number of carboxylic acid groups (broad SMARTS) is 1. The molecule has 1 aromatic rings. The number of carbonyl (C=O) groups excluding carboxylic acids is 1. The lowest BCUT2D eigenvalue weighted by Gasteiger charge is -2.20. The summed E-state index contributed by atoms with van der Waals surface area (Å²) in [5, 5.41) is 8.82. The molecule has 6 heteroatoms. The molecule has 0 saturated heterocycles. The second-order valence-corrected chi connectivity index (χ2v) is 4.22. The number of aliphatic carboxylic acids is 1. The molecule has 0 aliphatic rings. The van der Waals surface area contributed by atoms with Crippen LogP contribution in [0.15, 0.2) is 18.2 Å². The third kappa shape index (κ3) is 4.00. The summed E-state index contributed by atoms with van der Waals surface area (Å²) in [5.41, 5.74) is 0.0506. The predicted octanol–water partition coefficient (Wildman–Crippen LogP) is 2.42. The van der Waals surface area contributed by atoms with Crippen LogP contribution in [0.2, 0.25) is 5.02 Å². The highest BCUT2D eigenvalue weighted by atomic mass is 35.5. The number of hydrogen-bond acceptors (Lipinski definition) is 2. The fourth-order valence-electron chi connectivity index (χ4n) is 1.55. The summed E-state index contributed by atoms with van der Waals surface area (Å²) in [4.78, 5) is 23.8. The Labute approximate surface area is 109 Å². The number of carboxylic acids is 1. The van der Waals surface area contributed by atoms with Crippen molar-refractivity contribution >= 4 is 23.5 Å². The van der Waals surface area contributed by atoms with E-state index in [0.29, 0.717) is 13.0 Å². The van der Waals surface area contributed by atoms with Gasteiger partial charge in [-0.05, 0) is 24.6 Å². The third-order valence-corrected chi connectivity index (χ3v) is 2.43. The van der Waals surface area contributed by atoms with Gasteiger partial charge in [0.2, 0.25) is 0 Å². The van der Waals surface area contributed by atoms with Crippen LogP contribution in [0, 0.1) is 5.82 Å². The average Bonchev–Trinajstić information content (AvgIpc) is 2.25. The van der Waals surface area contributed by atoms with Crippen molar-refractivity contribution in [2.24, 2.45) is 0 Å². The monoisotopic (exact) mass is 273 g/mol. The molecule has 0 aliphatic carbocycles. The zero-order valence-electron chi connectivity index (χ0n) is 9.82. The molecule has 0 unspecified atom stereocenters. The molecule has 0 aliphatic heterocycles. The highest BCUT2D eigenvalue weighted by Gasteiger charge is 2.18. The van der Waals surface area contributed by atoms with Crippen LogP contribution in [0.1, 0.15) is 23.7 Å². The fraction of sp³-hybridized carbons (Fsp3) is 0.333. The van der Waals surface area contributed by atoms with Gasteiger partial charge in [-0.2, -0.15) is 0 Å². The maximum atomic E-state index is 13.1. The average molecular weight is 274 g/mol. The van der Waals surface area contributed by atoms with E-state index >= 15 is 0 Å². The van der Waals surface area contributed by atoms with Gasteiger partial charge < -0.3 is 10.0 Å². The molecule has 0 aromatic heterocycles. The first-order valence-corrected chi connectivity index (χ1v) is 5.79. The predicted molar refractivity (Wildman–Crippen MR) is 65.2 cm³/mol. The lowest BCUT2D eigenvalue weighted by atomic mass is 10.2. The Morgan fingerprint density at radius 3 is 2.56 bits per heavy atom. The fourth-order valence-corrected chi connectivity index (χ4v) is 1.77. The Morgan fingerprint density at radius 1 is 1.39 bits per heavy atom. The van der Waals surface area contributed by atoms with E-state index < -0.39 is 24.2 Å². The zero-order chi connectivity index (χ0) is 13.7. The van der Waals surface area contributed by atoms with Crippen molar-refractivity contribution in [3.05, 3.63) is 34.6 Å². The van der Waals surface area contributed by atoms with Crippen molar-refractivity contribution in [1.29, 1.82) is 0 Å². The summed E-state index contributed by atoms with van der Waals surface area (Å²) in [5.74, 6) is -2.28. The number of halogens is 2. The normalized spacial score (nSPS) is 10.2. The molecule has 0 radical (unpaired) electrons. The third-order valence-electron chi connectivity index (χ3n) is 2.22. The first-order valence-electron chi connectivity index (χ1n) is 5.41. The van der Waals surface area contributed by atoms with E-state index in [9.17, 15) is 14.0 Å². The minimum absolute atomic E-state index is 0.0506. The quantitative estimate of drug-likeness (QED) is 0.896. The minimum Gasteiger partial charge on any atom is -0.480 e. The van der Waals surface area contributed by atoms with E-state index in [4.69, 9.17) is 16.7 Å². The van der Waals surface area contributed by atoms with Crippen LogP contribution in [-0.2, 0) is 4.79 Å². The first-order chi connectivity index (χ1) is 8.43. The molecular formula is C12H13ClFNO3. The van der Waals surface area contributed by atoms with E-state index in [0.717, 1.165) is 17.0 Å². The highest BCUT2D eigenvalue weighted by molar-refractivity contribution is 6.31. The lowest BCUT2D eigenvalue weighted by Crippen LogP contribution is -2.36. The van der Waals surface area contributed by atoms with Crippen molar-refractivity contribution < 1.29 is 19.1 Å². The van der Waals surface area contributed by atoms with E-state index in [1.54, 1.807) is 0 Å². The molecule has 0 spiro atoms. The molecule has 18 heavy (non-hydrogen) atoms. The second-order valence-electron chi connectivity index (χ2n) is 3.78. The molecule has 1 amide bonds. The molecule has 0 heterocycles. The van der Waals surface area contributed by atoms with Crippen LogP contribution >= 0.6 is 11.6 Å². The number of hydrogen-bond donors (Lipinski definition) is 1. The number of rotatable bonds is 5. The van der Waals surface area contributed by atoms with E-state index in [2.05, 4.69) is 0 Å². The standard InChI is InChI=1S/C12H13ClFNO3/c1-2-3-15(7-11(16)17)12(18)8-4-9(13)6-10(14)5-8/h4-6H,2-3,7H2,1H3,(H,16,17). The summed E-state index contributed by atoms with van der Waals surface area (Å²) >= 11 is 5.65. The van der Waals surface area contributed by atoms with Crippen molar-refractivity contribution in [3.8, 4) is 0 Å². The van der Waals surface area contributed by atoms with Gasteiger partial charge in [0.25, 0.3) is 5.91 Å². The summed E-state index contributed by atoms with van der Waals surface area (Å²) < 4.78 is 13.1. The Bertz CT molecular complexity index is 444. The van der Waals surface area contributed by atoms with Crippen LogP contribution in [0.5, 0.6) is 0 Å². The highest BCUT2D eigenvalue weighted by Crippen LogP contribution is 2.16. The van der Waals surface area contributed by atoms with Crippen molar-refractivity contribution in [1.82, 2.24) is 4.90 Å². The van der Waals surface area contributed by atoms with Crippen LogP contribution in [0.4, 0.5) is 4.39 Å². The molecule has 0 saturated carbocycles. The molecule has 0 fully saturated rings. The molecule has 0 atom stereocenters. The van der Waals surface area contributed by atoms with E-state index in [1.165, 1.54) is 6.07 Å². The number of carbonyl (C=O) groups is 2. The van der Waals surface area contributed by atoms with Gasteiger partial charge >= 0.3 is 5.97 Å². The molecule has 4 nitrogen and oxygen atoms in total. The van der Waals surface area contributed by atoms with Crippen LogP contribution in [-0.4, -0.2) is 35.0 Å². The Balaban J connectivity index is 2.97. The molecule has 98 valence electrons.